The molecule has 0 spiro atoms. The van der Waals surface area contributed by atoms with Crippen LogP contribution in [-0.2, 0) is 20.7 Å². The maximum absolute atomic E-state index is 12.7. The lowest BCUT2D eigenvalue weighted by Gasteiger charge is -2.29. The summed E-state index contributed by atoms with van der Waals surface area (Å²) in [4.78, 5) is 23.9. The summed E-state index contributed by atoms with van der Waals surface area (Å²) in [6, 6.07) is 14.8. The summed E-state index contributed by atoms with van der Waals surface area (Å²) in [5, 5.41) is 21.3. The molecule has 1 amide bonds. The predicted octanol–water partition coefficient (Wildman–Crippen LogP) is 3.60. The first-order valence-corrected chi connectivity index (χ1v) is 12.9. The largest absolute Gasteiger partial charge is 0.497 e. The van der Waals surface area contributed by atoms with Gasteiger partial charge in [0.15, 0.2) is 0 Å². The van der Waals surface area contributed by atoms with Crippen LogP contribution < -0.4 is 14.8 Å². The monoisotopic (exact) mass is 570 g/mol. The lowest BCUT2D eigenvalue weighted by Crippen LogP contribution is -2.47. The molecule has 12 heteroatoms. The van der Waals surface area contributed by atoms with E-state index in [1.54, 1.807) is 14.2 Å². The number of nitrogens with zero attached hydrogens (tertiary/aromatic N) is 1. The first-order valence-electron chi connectivity index (χ1n) is 12.9. The third kappa shape index (κ3) is 11.8. The van der Waals surface area contributed by atoms with E-state index >= 15 is 0 Å². The predicted molar refractivity (Wildman–Crippen MR) is 141 cm³/mol. The highest BCUT2D eigenvalue weighted by atomic mass is 19.4. The van der Waals surface area contributed by atoms with Crippen LogP contribution in [0.1, 0.15) is 36.5 Å². The van der Waals surface area contributed by atoms with Crippen molar-refractivity contribution in [1.82, 2.24) is 10.2 Å². The molecule has 0 unspecified atom stereocenters. The lowest BCUT2D eigenvalue weighted by atomic mass is 9.99. The normalized spacial score (nSPS) is 14.9. The van der Waals surface area contributed by atoms with E-state index in [9.17, 15) is 23.1 Å². The van der Waals surface area contributed by atoms with E-state index in [0.717, 1.165) is 49.2 Å². The van der Waals surface area contributed by atoms with Crippen LogP contribution in [0.2, 0.25) is 0 Å². The molecular formula is C28H37F3N2O7. The Kier molecular flexibility index (Phi) is 13.7. The third-order valence-electron chi connectivity index (χ3n) is 6.20. The molecular weight excluding hydrogens is 533 g/mol. The van der Waals surface area contributed by atoms with Crippen molar-refractivity contribution in [2.75, 3.05) is 47.1 Å². The molecule has 0 aliphatic carbocycles. The van der Waals surface area contributed by atoms with Crippen LogP contribution in [0, 0.1) is 0 Å². The number of hydrogen-bond donors (Lipinski definition) is 3. The van der Waals surface area contributed by atoms with E-state index in [1.165, 1.54) is 0 Å². The number of carbonyl (C=O) groups is 2. The van der Waals surface area contributed by atoms with Crippen LogP contribution in [0.15, 0.2) is 48.5 Å². The summed E-state index contributed by atoms with van der Waals surface area (Å²) >= 11 is 0. The number of likely N-dealkylation sites (tertiary alicyclic amines) is 1. The van der Waals surface area contributed by atoms with Gasteiger partial charge in [-0.2, -0.15) is 13.2 Å². The number of rotatable bonds is 13. The van der Waals surface area contributed by atoms with Gasteiger partial charge in [0.25, 0.3) is 0 Å². The molecule has 2 aromatic carbocycles. The molecule has 1 aliphatic rings. The van der Waals surface area contributed by atoms with Crippen LogP contribution in [-0.4, -0.2) is 86.3 Å². The summed E-state index contributed by atoms with van der Waals surface area (Å²) in [7, 11) is 3.30. The number of methoxy groups -OCH3 is 2. The molecule has 9 nitrogen and oxygen atoms in total. The number of aliphatic carboxylic acids is 1. The summed E-state index contributed by atoms with van der Waals surface area (Å²) in [5.74, 6) is -1.45. The van der Waals surface area contributed by atoms with Crippen LogP contribution >= 0.6 is 0 Å². The second kappa shape index (κ2) is 16.7. The van der Waals surface area contributed by atoms with Gasteiger partial charge in [-0.25, -0.2) is 4.79 Å². The minimum atomic E-state index is -5.08. The van der Waals surface area contributed by atoms with Crippen LogP contribution in [0.5, 0.6) is 11.5 Å². The molecule has 2 atom stereocenters. The number of aliphatic hydroxyl groups excluding tert-OH is 1. The number of carboxylic acids is 1. The van der Waals surface area contributed by atoms with E-state index in [2.05, 4.69) is 10.2 Å². The molecule has 0 bridgehead atoms. The number of benzene rings is 2. The number of carbonyl (C=O) groups excluding carboxylic acids is 1. The summed E-state index contributed by atoms with van der Waals surface area (Å²) in [6.45, 7) is 3.54. The number of ether oxygens (including phenoxy) is 3. The van der Waals surface area contributed by atoms with Crippen molar-refractivity contribution in [3.8, 4) is 11.5 Å². The molecule has 1 saturated heterocycles. The van der Waals surface area contributed by atoms with E-state index in [1.807, 2.05) is 48.5 Å². The van der Waals surface area contributed by atoms with Crippen molar-refractivity contribution >= 4 is 11.9 Å². The smallest absolute Gasteiger partial charge is 0.490 e. The quantitative estimate of drug-likeness (QED) is 0.335. The van der Waals surface area contributed by atoms with Crippen molar-refractivity contribution in [2.24, 2.45) is 0 Å². The number of amides is 1. The zero-order valence-electron chi connectivity index (χ0n) is 22.7. The molecule has 3 N–H and O–H groups in total. The number of hydrogen-bond acceptors (Lipinski definition) is 7. The number of halogens is 3. The van der Waals surface area contributed by atoms with Gasteiger partial charge in [-0.3, -0.25) is 4.79 Å². The molecule has 0 radical (unpaired) electrons. The molecule has 222 valence electrons. The van der Waals surface area contributed by atoms with Crippen molar-refractivity contribution in [2.45, 2.75) is 44.0 Å². The fraction of sp³-hybridized carbons (Fsp3) is 0.500. The van der Waals surface area contributed by atoms with Gasteiger partial charge < -0.3 is 34.6 Å². The van der Waals surface area contributed by atoms with Gasteiger partial charge in [0.1, 0.15) is 17.6 Å². The summed E-state index contributed by atoms with van der Waals surface area (Å²) in [5.41, 5.74) is 1.96. The molecule has 3 rings (SSSR count). The van der Waals surface area contributed by atoms with E-state index in [-0.39, 0.29) is 25.0 Å². The van der Waals surface area contributed by atoms with Crippen molar-refractivity contribution in [1.29, 1.82) is 0 Å². The summed E-state index contributed by atoms with van der Waals surface area (Å²) < 4.78 is 47.7. The molecule has 1 heterocycles. The topological polar surface area (TPSA) is 118 Å². The van der Waals surface area contributed by atoms with Gasteiger partial charge >= 0.3 is 12.1 Å². The Labute approximate surface area is 231 Å². The van der Waals surface area contributed by atoms with E-state index in [0.29, 0.717) is 18.9 Å². The molecule has 2 aromatic rings. The zero-order chi connectivity index (χ0) is 29.5. The van der Waals surface area contributed by atoms with Crippen LogP contribution in [0.4, 0.5) is 13.2 Å². The molecule has 0 aromatic heterocycles. The average Bonchev–Trinajstić information content (AvgIpc) is 3.45. The highest BCUT2D eigenvalue weighted by molar-refractivity contribution is 5.76. The summed E-state index contributed by atoms with van der Waals surface area (Å²) in [6.07, 6.45) is -2.52. The number of aliphatic hydroxyl groups is 1. The van der Waals surface area contributed by atoms with Crippen molar-refractivity contribution in [3.05, 3.63) is 59.7 Å². The zero-order valence-corrected chi connectivity index (χ0v) is 22.7. The maximum Gasteiger partial charge on any atom is 0.490 e. The van der Waals surface area contributed by atoms with E-state index < -0.39 is 18.2 Å². The Morgan fingerprint density at radius 2 is 1.55 bits per heavy atom. The minimum absolute atomic E-state index is 0.136. The van der Waals surface area contributed by atoms with Gasteiger partial charge in [-0.15, -0.1) is 0 Å². The van der Waals surface area contributed by atoms with Gasteiger partial charge in [-0.1, -0.05) is 24.3 Å². The lowest BCUT2D eigenvalue weighted by molar-refractivity contribution is -0.192. The second-order valence-corrected chi connectivity index (χ2v) is 9.19. The maximum atomic E-state index is 12.7. The SMILES string of the molecule is COCCc1ccc([C@@H](O)[C@@H](CN2CCCC2)NC(=O)CCOc2ccc(OC)cc2)cc1.O=C(O)C(F)(F)F. The Bertz CT molecular complexity index is 1030. The standard InChI is InChI=1S/C26H36N2O5.C2HF3O2/c1-31-17-13-20-5-7-21(8-6-20)26(30)24(19-28-15-3-4-16-28)27-25(29)14-18-33-23-11-9-22(32-2)10-12-23;3-2(4,5)1(6)7/h5-12,24,26,30H,3-4,13-19H2,1-2H3,(H,27,29);(H,6,7)/t24-,26-;/m1./s1. The molecule has 1 aliphatic heterocycles. The van der Waals surface area contributed by atoms with Crippen LogP contribution in [0.25, 0.3) is 0 Å². The average molecular weight is 571 g/mol. The number of nitrogens with one attached hydrogen (secondary N) is 1. The Morgan fingerprint density at radius 1 is 0.975 bits per heavy atom. The third-order valence-corrected chi connectivity index (χ3v) is 6.20. The minimum Gasteiger partial charge on any atom is -0.497 e. The first kappa shape index (κ1) is 32.9. The fourth-order valence-corrected chi connectivity index (χ4v) is 4.01. The molecule has 0 saturated carbocycles. The van der Waals surface area contributed by atoms with Crippen molar-refractivity contribution < 1.29 is 47.2 Å². The van der Waals surface area contributed by atoms with Gasteiger partial charge in [0.05, 0.1) is 32.8 Å². The van der Waals surface area contributed by atoms with E-state index in [4.69, 9.17) is 24.1 Å². The second-order valence-electron chi connectivity index (χ2n) is 9.19. The molecule has 1 fully saturated rings. The van der Waals surface area contributed by atoms with Crippen LogP contribution in [0.3, 0.4) is 0 Å². The Balaban J connectivity index is 0.000000708. The van der Waals surface area contributed by atoms with Crippen molar-refractivity contribution in [3.63, 3.8) is 0 Å². The van der Waals surface area contributed by atoms with Gasteiger partial charge in [0.2, 0.25) is 5.91 Å². The highest BCUT2D eigenvalue weighted by Crippen LogP contribution is 2.21. The number of alkyl halides is 3. The Hall–Kier alpha value is -3.35. The number of carboxylic acid groups (broad SMARTS) is 1. The molecule has 40 heavy (non-hydrogen) atoms. The van der Waals surface area contributed by atoms with Gasteiger partial charge in [-0.05, 0) is 67.7 Å². The van der Waals surface area contributed by atoms with Gasteiger partial charge in [0, 0.05) is 13.7 Å². The highest BCUT2D eigenvalue weighted by Gasteiger charge is 2.38. The fourth-order valence-electron chi connectivity index (χ4n) is 4.01. The first-order chi connectivity index (χ1) is 19.0. The Morgan fingerprint density at radius 3 is 2.08 bits per heavy atom.